The molecule has 0 saturated carbocycles. The molecule has 0 aliphatic carbocycles. The predicted molar refractivity (Wildman–Crippen MR) is 76.9 cm³/mol. The quantitative estimate of drug-likeness (QED) is 0.838. The molecule has 0 spiro atoms. The van der Waals surface area contributed by atoms with Crippen molar-refractivity contribution in [2.75, 3.05) is 6.54 Å². The molecule has 1 aromatic carbocycles. The van der Waals surface area contributed by atoms with Crippen LogP contribution < -0.4 is 5.32 Å². The summed E-state index contributed by atoms with van der Waals surface area (Å²) in [5.74, 6) is 0. The van der Waals surface area contributed by atoms with Gasteiger partial charge in [-0.15, -0.1) is 11.3 Å². The van der Waals surface area contributed by atoms with E-state index in [2.05, 4.69) is 24.4 Å². The molecule has 0 fully saturated rings. The Balaban J connectivity index is 1.70. The molecule has 1 atom stereocenters. The highest BCUT2D eigenvalue weighted by atomic mass is 32.1. The minimum atomic E-state index is -0.326. The Hall–Kier alpha value is -1.16. The van der Waals surface area contributed by atoms with Crippen molar-refractivity contribution in [2.24, 2.45) is 0 Å². The Bertz CT molecular complexity index is 466. The van der Waals surface area contributed by atoms with Gasteiger partial charge in [-0.1, -0.05) is 30.3 Å². The average molecular weight is 261 g/mol. The first-order chi connectivity index (χ1) is 8.74. The van der Waals surface area contributed by atoms with Crippen molar-refractivity contribution in [3.05, 3.63) is 57.8 Å². The number of aliphatic hydroxyl groups excluding tert-OH is 1. The molecule has 1 unspecified atom stereocenters. The molecule has 0 aliphatic heterocycles. The van der Waals surface area contributed by atoms with Crippen LogP contribution in [-0.4, -0.2) is 17.8 Å². The van der Waals surface area contributed by atoms with Gasteiger partial charge in [-0.3, -0.25) is 0 Å². The van der Waals surface area contributed by atoms with Crippen LogP contribution in [0, 0.1) is 6.92 Å². The van der Waals surface area contributed by atoms with E-state index < -0.39 is 0 Å². The second-order valence-corrected chi connectivity index (χ2v) is 5.86. The van der Waals surface area contributed by atoms with E-state index in [4.69, 9.17) is 0 Å². The fourth-order valence-corrected chi connectivity index (χ4v) is 2.76. The Labute approximate surface area is 112 Å². The van der Waals surface area contributed by atoms with Crippen molar-refractivity contribution in [2.45, 2.75) is 26.0 Å². The molecule has 0 radical (unpaired) electrons. The molecule has 18 heavy (non-hydrogen) atoms. The molecule has 0 saturated heterocycles. The first kappa shape index (κ1) is 13.3. The number of aliphatic hydroxyl groups is 1. The largest absolute Gasteiger partial charge is 0.391 e. The SMILES string of the molecule is Cc1ccc(CNCC(O)Cc2ccccc2)s1. The van der Waals surface area contributed by atoms with Crippen LogP contribution in [0.3, 0.4) is 0 Å². The van der Waals surface area contributed by atoms with Crippen molar-refractivity contribution < 1.29 is 5.11 Å². The maximum absolute atomic E-state index is 9.93. The molecule has 1 heterocycles. The number of aryl methyl sites for hydroxylation is 1. The van der Waals surface area contributed by atoms with Gasteiger partial charge in [0.05, 0.1) is 6.10 Å². The predicted octanol–water partition coefficient (Wildman–Crippen LogP) is 2.75. The van der Waals surface area contributed by atoms with Gasteiger partial charge in [0, 0.05) is 22.8 Å². The molecular formula is C15H19NOS. The van der Waals surface area contributed by atoms with E-state index in [1.807, 2.05) is 30.3 Å². The third kappa shape index (κ3) is 4.26. The first-order valence-electron chi connectivity index (χ1n) is 6.22. The monoisotopic (exact) mass is 261 g/mol. The summed E-state index contributed by atoms with van der Waals surface area (Å²) in [6.45, 7) is 3.58. The summed E-state index contributed by atoms with van der Waals surface area (Å²) in [4.78, 5) is 2.65. The van der Waals surface area contributed by atoms with Gasteiger partial charge in [0.1, 0.15) is 0 Å². The van der Waals surface area contributed by atoms with Crippen molar-refractivity contribution in [3.8, 4) is 0 Å². The third-order valence-electron chi connectivity index (χ3n) is 2.79. The second-order valence-electron chi connectivity index (χ2n) is 4.49. The summed E-state index contributed by atoms with van der Waals surface area (Å²) in [6.07, 6.45) is 0.380. The normalized spacial score (nSPS) is 12.6. The van der Waals surface area contributed by atoms with Crippen molar-refractivity contribution >= 4 is 11.3 Å². The Morgan fingerprint density at radius 1 is 1.17 bits per heavy atom. The van der Waals surface area contributed by atoms with Gasteiger partial charge in [-0.25, -0.2) is 0 Å². The fourth-order valence-electron chi connectivity index (χ4n) is 1.90. The lowest BCUT2D eigenvalue weighted by atomic mass is 10.1. The molecule has 2 nitrogen and oxygen atoms in total. The molecule has 3 heteroatoms. The minimum Gasteiger partial charge on any atom is -0.391 e. The smallest absolute Gasteiger partial charge is 0.0704 e. The van der Waals surface area contributed by atoms with Gasteiger partial charge < -0.3 is 10.4 Å². The van der Waals surface area contributed by atoms with Crippen LogP contribution in [0.2, 0.25) is 0 Å². The maximum Gasteiger partial charge on any atom is 0.0704 e. The molecule has 1 aromatic heterocycles. The van der Waals surface area contributed by atoms with E-state index in [0.717, 1.165) is 6.54 Å². The van der Waals surface area contributed by atoms with Gasteiger partial charge in [0.2, 0.25) is 0 Å². The summed E-state index contributed by atoms with van der Waals surface area (Å²) >= 11 is 1.80. The van der Waals surface area contributed by atoms with E-state index in [1.165, 1.54) is 15.3 Å². The fraction of sp³-hybridized carbons (Fsp3) is 0.333. The van der Waals surface area contributed by atoms with Crippen LogP contribution in [0.4, 0.5) is 0 Å². The molecule has 96 valence electrons. The molecule has 2 aromatic rings. The third-order valence-corrected chi connectivity index (χ3v) is 3.79. The Morgan fingerprint density at radius 2 is 1.94 bits per heavy atom. The highest BCUT2D eigenvalue weighted by Crippen LogP contribution is 2.14. The van der Waals surface area contributed by atoms with E-state index in [0.29, 0.717) is 13.0 Å². The first-order valence-corrected chi connectivity index (χ1v) is 7.04. The van der Waals surface area contributed by atoms with Crippen LogP contribution in [-0.2, 0) is 13.0 Å². The zero-order valence-electron chi connectivity index (χ0n) is 10.6. The summed E-state index contributed by atoms with van der Waals surface area (Å²) in [7, 11) is 0. The molecule has 2 N–H and O–H groups in total. The zero-order chi connectivity index (χ0) is 12.8. The Kier molecular flexibility index (Phi) is 4.93. The molecule has 0 aliphatic rings. The van der Waals surface area contributed by atoms with Crippen molar-refractivity contribution in [1.82, 2.24) is 5.32 Å². The van der Waals surface area contributed by atoms with Crippen molar-refractivity contribution in [3.63, 3.8) is 0 Å². The van der Waals surface area contributed by atoms with E-state index in [1.54, 1.807) is 11.3 Å². The van der Waals surface area contributed by atoms with Gasteiger partial charge in [-0.2, -0.15) is 0 Å². The Morgan fingerprint density at radius 3 is 2.61 bits per heavy atom. The van der Waals surface area contributed by atoms with Gasteiger partial charge in [0.25, 0.3) is 0 Å². The lowest BCUT2D eigenvalue weighted by Gasteiger charge is -2.11. The van der Waals surface area contributed by atoms with E-state index >= 15 is 0 Å². The number of hydrogen-bond acceptors (Lipinski definition) is 3. The highest BCUT2D eigenvalue weighted by molar-refractivity contribution is 7.11. The standard InChI is InChI=1S/C15H19NOS/c1-12-7-8-15(18-12)11-16-10-14(17)9-13-5-3-2-4-6-13/h2-8,14,16-17H,9-11H2,1H3. The minimum absolute atomic E-state index is 0.326. The number of benzene rings is 1. The average Bonchev–Trinajstić information content (AvgIpc) is 2.76. The number of nitrogens with one attached hydrogen (secondary N) is 1. The number of rotatable bonds is 6. The summed E-state index contributed by atoms with van der Waals surface area (Å²) in [5.41, 5.74) is 1.18. The highest BCUT2D eigenvalue weighted by Gasteiger charge is 2.05. The van der Waals surface area contributed by atoms with E-state index in [9.17, 15) is 5.11 Å². The lowest BCUT2D eigenvalue weighted by molar-refractivity contribution is 0.171. The van der Waals surface area contributed by atoms with Crippen LogP contribution >= 0.6 is 11.3 Å². The summed E-state index contributed by atoms with van der Waals surface area (Å²) < 4.78 is 0. The summed E-state index contributed by atoms with van der Waals surface area (Å²) in [6, 6.07) is 14.4. The van der Waals surface area contributed by atoms with Crippen LogP contribution in [0.1, 0.15) is 15.3 Å². The molecular weight excluding hydrogens is 242 g/mol. The molecule has 0 bridgehead atoms. The lowest BCUT2D eigenvalue weighted by Crippen LogP contribution is -2.27. The topological polar surface area (TPSA) is 32.3 Å². The van der Waals surface area contributed by atoms with Crippen LogP contribution in [0.15, 0.2) is 42.5 Å². The van der Waals surface area contributed by atoms with Gasteiger partial charge >= 0.3 is 0 Å². The van der Waals surface area contributed by atoms with Crippen LogP contribution in [0.25, 0.3) is 0 Å². The second kappa shape index (κ2) is 6.69. The summed E-state index contributed by atoms with van der Waals surface area (Å²) in [5, 5.41) is 13.2. The van der Waals surface area contributed by atoms with Gasteiger partial charge in [-0.05, 0) is 31.0 Å². The number of hydrogen-bond donors (Lipinski definition) is 2. The van der Waals surface area contributed by atoms with Crippen molar-refractivity contribution in [1.29, 1.82) is 0 Å². The van der Waals surface area contributed by atoms with Gasteiger partial charge in [0.15, 0.2) is 0 Å². The number of thiophene rings is 1. The molecule has 2 rings (SSSR count). The van der Waals surface area contributed by atoms with Crippen LogP contribution in [0.5, 0.6) is 0 Å². The zero-order valence-corrected chi connectivity index (χ0v) is 11.4. The van der Waals surface area contributed by atoms with E-state index in [-0.39, 0.29) is 6.10 Å². The maximum atomic E-state index is 9.93. The molecule has 0 amide bonds.